The van der Waals surface area contributed by atoms with Crippen LogP contribution in [0.2, 0.25) is 0 Å². The Kier molecular flexibility index (Phi) is 14.8. The molecule has 0 atom stereocenters. The SMILES string of the molecule is C=C/C(=C\C=C(/C)OC(=O)/C=C/c1ccc(-c2ccc(OCCCCOC(=O)C(=C)C)cc2)cc1F)CCOC(=O)C(=C)C. The Balaban J connectivity index is 1.86. The maximum Gasteiger partial charge on any atom is 0.335 e. The van der Waals surface area contributed by atoms with Crippen molar-refractivity contribution in [3.8, 4) is 16.9 Å². The molecule has 0 bridgehead atoms. The van der Waals surface area contributed by atoms with E-state index in [9.17, 15) is 18.8 Å². The van der Waals surface area contributed by atoms with Crippen LogP contribution in [0.5, 0.6) is 5.75 Å². The van der Waals surface area contributed by atoms with Gasteiger partial charge < -0.3 is 18.9 Å². The molecule has 0 heterocycles. The Bertz CT molecular complexity index is 1450. The van der Waals surface area contributed by atoms with Gasteiger partial charge in [-0.25, -0.2) is 18.8 Å². The number of unbranched alkanes of at least 4 members (excludes halogenated alkanes) is 1. The minimum Gasteiger partial charge on any atom is -0.494 e. The Morgan fingerprint density at radius 3 is 2.05 bits per heavy atom. The van der Waals surface area contributed by atoms with Gasteiger partial charge >= 0.3 is 17.9 Å². The number of hydrogen-bond donors (Lipinski definition) is 0. The van der Waals surface area contributed by atoms with Gasteiger partial charge in [0.15, 0.2) is 0 Å². The van der Waals surface area contributed by atoms with E-state index in [1.807, 2.05) is 12.1 Å². The first kappa shape index (κ1) is 35.2. The lowest BCUT2D eigenvalue weighted by atomic mass is 10.0. The Morgan fingerprint density at radius 2 is 1.43 bits per heavy atom. The summed E-state index contributed by atoms with van der Waals surface area (Å²) in [6, 6.07) is 12.0. The molecule has 0 aliphatic rings. The first-order valence-electron chi connectivity index (χ1n) is 14.1. The summed E-state index contributed by atoms with van der Waals surface area (Å²) in [5.41, 5.74) is 3.19. The number of benzene rings is 2. The minimum absolute atomic E-state index is 0.169. The van der Waals surface area contributed by atoms with E-state index in [-0.39, 0.29) is 12.2 Å². The molecular formula is C36H39FO7. The Morgan fingerprint density at radius 1 is 0.818 bits per heavy atom. The molecule has 0 saturated carbocycles. The molecule has 0 aliphatic carbocycles. The molecule has 0 amide bonds. The second-order valence-electron chi connectivity index (χ2n) is 9.88. The van der Waals surface area contributed by atoms with Crippen LogP contribution in [0.3, 0.4) is 0 Å². The first-order chi connectivity index (χ1) is 21.0. The zero-order chi connectivity index (χ0) is 32.5. The zero-order valence-corrected chi connectivity index (χ0v) is 25.5. The smallest absolute Gasteiger partial charge is 0.335 e. The fourth-order valence-electron chi connectivity index (χ4n) is 3.51. The van der Waals surface area contributed by atoms with Crippen LogP contribution in [-0.4, -0.2) is 37.7 Å². The zero-order valence-electron chi connectivity index (χ0n) is 25.5. The molecule has 0 saturated heterocycles. The van der Waals surface area contributed by atoms with E-state index >= 15 is 0 Å². The van der Waals surface area contributed by atoms with Crippen LogP contribution < -0.4 is 4.74 Å². The number of esters is 3. The highest BCUT2D eigenvalue weighted by molar-refractivity contribution is 5.88. The van der Waals surface area contributed by atoms with Crippen molar-refractivity contribution in [2.45, 2.75) is 40.0 Å². The molecule has 0 spiro atoms. The standard InChI is InChI=1S/C36H39FO7/c1-7-28(20-23-43-36(40)26(4)5)11-10-27(6)44-34(38)19-16-30-12-13-31(24-33(30)37)29-14-17-32(18-15-29)41-21-8-9-22-42-35(39)25(2)3/h7,10-19,24H,1-2,4,8-9,20-23H2,3,5-6H3/b19-16+,27-10+,28-11+. The predicted octanol–water partition coefficient (Wildman–Crippen LogP) is 7.85. The van der Waals surface area contributed by atoms with Crippen molar-refractivity contribution in [1.82, 2.24) is 0 Å². The molecule has 2 aromatic rings. The predicted molar refractivity (Wildman–Crippen MR) is 170 cm³/mol. The van der Waals surface area contributed by atoms with Gasteiger partial charge in [-0.1, -0.05) is 56.2 Å². The van der Waals surface area contributed by atoms with Crippen molar-refractivity contribution in [2.75, 3.05) is 19.8 Å². The lowest BCUT2D eigenvalue weighted by molar-refractivity contribution is -0.139. The highest BCUT2D eigenvalue weighted by Crippen LogP contribution is 2.25. The Hall–Kier alpha value is -4.98. The van der Waals surface area contributed by atoms with Gasteiger partial charge in [-0.3, -0.25) is 0 Å². The second-order valence-corrected chi connectivity index (χ2v) is 9.88. The topological polar surface area (TPSA) is 88.1 Å². The molecule has 0 aliphatic heterocycles. The molecular weight excluding hydrogens is 563 g/mol. The maximum absolute atomic E-state index is 14.8. The van der Waals surface area contributed by atoms with Crippen molar-refractivity contribution in [2.24, 2.45) is 0 Å². The molecule has 0 N–H and O–H groups in total. The summed E-state index contributed by atoms with van der Waals surface area (Å²) in [5, 5.41) is 0. The van der Waals surface area contributed by atoms with E-state index in [0.29, 0.717) is 54.3 Å². The summed E-state index contributed by atoms with van der Waals surface area (Å²) in [6.07, 6.45) is 9.26. The van der Waals surface area contributed by atoms with Crippen LogP contribution in [0.15, 0.2) is 109 Å². The molecule has 0 unspecified atom stereocenters. The largest absolute Gasteiger partial charge is 0.494 e. The van der Waals surface area contributed by atoms with E-state index in [1.54, 1.807) is 63.3 Å². The van der Waals surface area contributed by atoms with E-state index in [1.165, 1.54) is 12.1 Å². The summed E-state index contributed by atoms with van der Waals surface area (Å²) in [7, 11) is 0. The quantitative estimate of drug-likeness (QED) is 0.0455. The lowest BCUT2D eigenvalue weighted by Crippen LogP contribution is -2.07. The fraction of sp³-hybridized carbons (Fsp3) is 0.250. The van der Waals surface area contributed by atoms with E-state index in [2.05, 4.69) is 19.7 Å². The van der Waals surface area contributed by atoms with E-state index in [4.69, 9.17) is 18.9 Å². The lowest BCUT2D eigenvalue weighted by Gasteiger charge is -2.09. The van der Waals surface area contributed by atoms with Crippen LogP contribution in [0, 0.1) is 5.82 Å². The number of carbonyl (C=O) groups excluding carboxylic acids is 3. The van der Waals surface area contributed by atoms with Crippen molar-refractivity contribution in [3.05, 3.63) is 120 Å². The van der Waals surface area contributed by atoms with Crippen LogP contribution in [0.4, 0.5) is 4.39 Å². The van der Waals surface area contributed by atoms with Crippen molar-refractivity contribution in [3.63, 3.8) is 0 Å². The number of halogens is 1. The molecule has 0 fully saturated rings. The molecule has 44 heavy (non-hydrogen) atoms. The number of allylic oxidation sites excluding steroid dienone is 4. The molecule has 7 nitrogen and oxygen atoms in total. The number of ether oxygens (including phenoxy) is 4. The van der Waals surface area contributed by atoms with Crippen LogP contribution in [0.25, 0.3) is 17.2 Å². The van der Waals surface area contributed by atoms with Gasteiger partial charge in [0.25, 0.3) is 0 Å². The first-order valence-corrected chi connectivity index (χ1v) is 14.1. The fourth-order valence-corrected chi connectivity index (χ4v) is 3.51. The van der Waals surface area contributed by atoms with Gasteiger partial charge in [-0.2, -0.15) is 0 Å². The van der Waals surface area contributed by atoms with Gasteiger partial charge in [0.05, 0.1) is 19.8 Å². The third-order valence-electron chi connectivity index (χ3n) is 6.00. The van der Waals surface area contributed by atoms with Gasteiger partial charge in [0.1, 0.15) is 17.3 Å². The molecule has 0 radical (unpaired) electrons. The van der Waals surface area contributed by atoms with Crippen molar-refractivity contribution < 1.29 is 37.7 Å². The molecule has 0 aromatic heterocycles. The van der Waals surface area contributed by atoms with E-state index < -0.39 is 23.7 Å². The number of rotatable bonds is 17. The third kappa shape index (κ3) is 12.9. The average Bonchev–Trinajstić information content (AvgIpc) is 2.99. The van der Waals surface area contributed by atoms with Gasteiger partial charge in [-0.05, 0) is 80.7 Å². The summed E-state index contributed by atoms with van der Waals surface area (Å²) in [5.74, 6) is -1.00. The Labute approximate surface area is 258 Å². The van der Waals surface area contributed by atoms with Crippen LogP contribution >= 0.6 is 0 Å². The third-order valence-corrected chi connectivity index (χ3v) is 6.00. The maximum atomic E-state index is 14.8. The highest BCUT2D eigenvalue weighted by atomic mass is 19.1. The highest BCUT2D eigenvalue weighted by Gasteiger charge is 2.07. The normalized spacial score (nSPS) is 11.5. The molecule has 2 rings (SSSR count). The molecule has 232 valence electrons. The van der Waals surface area contributed by atoms with Crippen molar-refractivity contribution >= 4 is 24.0 Å². The summed E-state index contributed by atoms with van der Waals surface area (Å²) >= 11 is 0. The van der Waals surface area contributed by atoms with E-state index in [0.717, 1.165) is 23.6 Å². The van der Waals surface area contributed by atoms with Gasteiger partial charge in [0.2, 0.25) is 0 Å². The second kappa shape index (κ2) is 18.5. The molecule has 8 heteroatoms. The number of carbonyl (C=O) groups is 3. The summed E-state index contributed by atoms with van der Waals surface area (Å²) in [6.45, 7) is 16.5. The van der Waals surface area contributed by atoms with Crippen molar-refractivity contribution in [1.29, 1.82) is 0 Å². The monoisotopic (exact) mass is 602 g/mol. The van der Waals surface area contributed by atoms with Crippen LogP contribution in [-0.2, 0) is 28.6 Å². The molecule has 2 aromatic carbocycles. The minimum atomic E-state index is -0.658. The van der Waals surface area contributed by atoms with Crippen LogP contribution in [0.1, 0.15) is 45.6 Å². The summed E-state index contributed by atoms with van der Waals surface area (Å²) < 4.78 is 35.9. The van der Waals surface area contributed by atoms with Gasteiger partial charge in [-0.15, -0.1) is 0 Å². The average molecular weight is 603 g/mol. The summed E-state index contributed by atoms with van der Waals surface area (Å²) in [4.78, 5) is 35.1. The number of hydrogen-bond acceptors (Lipinski definition) is 7. The van der Waals surface area contributed by atoms with Gasteiger partial charge in [0, 0.05) is 29.2 Å².